The first kappa shape index (κ1) is 16.6. The number of methoxy groups -OCH3 is 2. The number of hydrogen-bond acceptors (Lipinski definition) is 5. The van der Waals surface area contributed by atoms with Crippen molar-refractivity contribution in [2.75, 3.05) is 20.8 Å². The van der Waals surface area contributed by atoms with Gasteiger partial charge < -0.3 is 9.47 Å². The number of carbonyl (C=O) groups excluding carboxylic acids is 1. The first-order valence-electron chi connectivity index (χ1n) is 6.18. The number of benzene rings is 1. The molecule has 0 aliphatic carbocycles. The van der Waals surface area contributed by atoms with Gasteiger partial charge in [-0.25, -0.2) is 0 Å². The van der Waals surface area contributed by atoms with Gasteiger partial charge in [0.2, 0.25) is 0 Å². The van der Waals surface area contributed by atoms with E-state index in [1.165, 1.54) is 11.8 Å². The molecule has 1 saturated heterocycles. The SMILES string of the molecule is CCN1C(=O)/C(=C/c2cc(I)c(OC)c(OC)c2)SC1=S. The van der Waals surface area contributed by atoms with Crippen molar-refractivity contribution in [3.63, 3.8) is 0 Å². The number of likely N-dealkylation sites (N-methyl/N-ethyl adjacent to an activating group) is 1. The van der Waals surface area contributed by atoms with E-state index in [-0.39, 0.29) is 5.91 Å². The Kier molecular flexibility index (Phi) is 5.50. The summed E-state index contributed by atoms with van der Waals surface area (Å²) in [4.78, 5) is 14.4. The molecule has 1 aliphatic heterocycles. The van der Waals surface area contributed by atoms with Gasteiger partial charge in [0, 0.05) is 6.54 Å². The van der Waals surface area contributed by atoms with Gasteiger partial charge in [0.1, 0.15) is 4.32 Å². The smallest absolute Gasteiger partial charge is 0.266 e. The Balaban J connectivity index is 2.40. The highest BCUT2D eigenvalue weighted by atomic mass is 127. The molecule has 1 aromatic rings. The molecule has 0 saturated carbocycles. The van der Waals surface area contributed by atoms with E-state index in [0.29, 0.717) is 27.3 Å². The fourth-order valence-corrected chi connectivity index (χ4v) is 4.18. The number of hydrogen-bond donors (Lipinski definition) is 0. The molecule has 1 aliphatic rings. The van der Waals surface area contributed by atoms with Crippen molar-refractivity contribution in [2.24, 2.45) is 0 Å². The van der Waals surface area contributed by atoms with Crippen molar-refractivity contribution in [2.45, 2.75) is 6.92 Å². The number of halogens is 1. The first-order chi connectivity index (χ1) is 10.0. The molecule has 1 heterocycles. The molecule has 0 atom stereocenters. The van der Waals surface area contributed by atoms with Crippen LogP contribution in [0.1, 0.15) is 12.5 Å². The van der Waals surface area contributed by atoms with Crippen LogP contribution in [0.4, 0.5) is 0 Å². The number of thioether (sulfide) groups is 1. The number of ether oxygens (including phenoxy) is 2. The maximum atomic E-state index is 12.2. The fraction of sp³-hybridized carbons (Fsp3) is 0.286. The summed E-state index contributed by atoms with van der Waals surface area (Å²) < 4.78 is 12.2. The zero-order valence-electron chi connectivity index (χ0n) is 11.8. The van der Waals surface area contributed by atoms with Gasteiger partial charge in [-0.05, 0) is 53.3 Å². The Morgan fingerprint density at radius 3 is 2.62 bits per heavy atom. The number of thiocarbonyl (C=S) groups is 1. The highest BCUT2D eigenvalue weighted by Gasteiger charge is 2.30. The Hall–Kier alpha value is -0.800. The van der Waals surface area contributed by atoms with Crippen LogP contribution in [0.2, 0.25) is 0 Å². The fourth-order valence-electron chi connectivity index (χ4n) is 1.95. The maximum Gasteiger partial charge on any atom is 0.266 e. The van der Waals surface area contributed by atoms with E-state index in [2.05, 4.69) is 22.6 Å². The average Bonchev–Trinajstić information content (AvgIpc) is 2.72. The van der Waals surface area contributed by atoms with Crippen LogP contribution in [0.5, 0.6) is 11.5 Å². The Morgan fingerprint density at radius 2 is 2.10 bits per heavy atom. The highest BCUT2D eigenvalue weighted by molar-refractivity contribution is 14.1. The minimum absolute atomic E-state index is 0.0442. The number of nitrogens with zero attached hydrogens (tertiary/aromatic N) is 1. The van der Waals surface area contributed by atoms with Gasteiger partial charge >= 0.3 is 0 Å². The highest BCUT2D eigenvalue weighted by Crippen LogP contribution is 2.36. The molecule has 0 radical (unpaired) electrons. The van der Waals surface area contributed by atoms with E-state index in [1.54, 1.807) is 19.1 Å². The van der Waals surface area contributed by atoms with Crippen LogP contribution >= 0.6 is 46.6 Å². The molecule has 1 aromatic carbocycles. The Labute approximate surface area is 147 Å². The Bertz CT molecular complexity index is 631. The van der Waals surface area contributed by atoms with Crippen LogP contribution in [-0.4, -0.2) is 35.9 Å². The molecule has 0 aromatic heterocycles. The molecule has 0 N–H and O–H groups in total. The van der Waals surface area contributed by atoms with Gasteiger partial charge in [-0.2, -0.15) is 0 Å². The van der Waals surface area contributed by atoms with E-state index in [1.807, 2.05) is 25.1 Å². The molecule has 4 nitrogen and oxygen atoms in total. The lowest BCUT2D eigenvalue weighted by atomic mass is 10.2. The minimum Gasteiger partial charge on any atom is -0.493 e. The average molecular weight is 435 g/mol. The van der Waals surface area contributed by atoms with Gasteiger partial charge in [-0.3, -0.25) is 9.69 Å². The lowest BCUT2D eigenvalue weighted by molar-refractivity contribution is -0.121. The third-order valence-electron chi connectivity index (χ3n) is 2.94. The first-order valence-corrected chi connectivity index (χ1v) is 8.49. The number of carbonyl (C=O) groups is 1. The zero-order chi connectivity index (χ0) is 15.6. The molecule has 21 heavy (non-hydrogen) atoms. The normalized spacial score (nSPS) is 16.8. The standard InChI is InChI=1S/C14H14INO3S2/c1-4-16-13(17)11(21-14(16)20)7-8-5-9(15)12(19-3)10(6-8)18-2/h5-7H,4H2,1-3H3/b11-7-. The van der Waals surface area contributed by atoms with E-state index in [0.717, 1.165) is 9.13 Å². The topological polar surface area (TPSA) is 38.8 Å². The lowest BCUT2D eigenvalue weighted by Gasteiger charge is -2.11. The molecule has 7 heteroatoms. The zero-order valence-corrected chi connectivity index (χ0v) is 15.6. The second kappa shape index (κ2) is 6.97. The van der Waals surface area contributed by atoms with Gasteiger partial charge in [-0.15, -0.1) is 0 Å². The molecular weight excluding hydrogens is 421 g/mol. The second-order valence-electron chi connectivity index (χ2n) is 4.16. The van der Waals surface area contributed by atoms with Crippen molar-refractivity contribution < 1.29 is 14.3 Å². The van der Waals surface area contributed by atoms with Gasteiger partial charge in [0.25, 0.3) is 5.91 Å². The molecule has 112 valence electrons. The summed E-state index contributed by atoms with van der Waals surface area (Å²) in [5, 5.41) is 0. The summed E-state index contributed by atoms with van der Waals surface area (Å²) in [6.07, 6.45) is 1.83. The van der Waals surface area contributed by atoms with E-state index < -0.39 is 0 Å². The van der Waals surface area contributed by atoms with Gasteiger partial charge in [0.05, 0.1) is 22.7 Å². The third kappa shape index (κ3) is 3.35. The Morgan fingerprint density at radius 1 is 1.38 bits per heavy atom. The van der Waals surface area contributed by atoms with E-state index >= 15 is 0 Å². The monoisotopic (exact) mass is 435 g/mol. The predicted octanol–water partition coefficient (Wildman–Crippen LogP) is 3.53. The summed E-state index contributed by atoms with van der Waals surface area (Å²) in [7, 11) is 3.19. The molecule has 1 fully saturated rings. The van der Waals surface area contributed by atoms with Gasteiger partial charge in [0.15, 0.2) is 11.5 Å². The summed E-state index contributed by atoms with van der Waals surface area (Å²) in [5.41, 5.74) is 0.883. The quantitative estimate of drug-likeness (QED) is 0.411. The van der Waals surface area contributed by atoms with Crippen molar-refractivity contribution >= 4 is 62.9 Å². The van der Waals surface area contributed by atoms with Crippen LogP contribution in [0.25, 0.3) is 6.08 Å². The molecule has 1 amide bonds. The van der Waals surface area contributed by atoms with Crippen LogP contribution < -0.4 is 9.47 Å². The predicted molar refractivity (Wildman–Crippen MR) is 97.8 cm³/mol. The van der Waals surface area contributed by atoms with Crippen LogP contribution in [0, 0.1) is 3.57 Å². The molecule has 0 spiro atoms. The minimum atomic E-state index is -0.0442. The summed E-state index contributed by atoms with van der Waals surface area (Å²) in [5.74, 6) is 1.29. The summed E-state index contributed by atoms with van der Waals surface area (Å²) in [6.45, 7) is 2.50. The molecule has 0 unspecified atom stereocenters. The summed E-state index contributed by atoms with van der Waals surface area (Å²) in [6, 6.07) is 3.79. The van der Waals surface area contributed by atoms with E-state index in [9.17, 15) is 4.79 Å². The molecule has 2 rings (SSSR count). The van der Waals surface area contributed by atoms with Crippen LogP contribution in [0.3, 0.4) is 0 Å². The van der Waals surface area contributed by atoms with Crippen molar-refractivity contribution in [1.29, 1.82) is 0 Å². The van der Waals surface area contributed by atoms with Crippen molar-refractivity contribution in [3.05, 3.63) is 26.2 Å². The molecular formula is C14H14INO3S2. The second-order valence-corrected chi connectivity index (χ2v) is 7.00. The number of rotatable bonds is 4. The third-order valence-corrected chi connectivity index (χ3v) is 5.12. The molecule has 0 bridgehead atoms. The van der Waals surface area contributed by atoms with Crippen molar-refractivity contribution in [1.82, 2.24) is 4.90 Å². The van der Waals surface area contributed by atoms with Crippen molar-refractivity contribution in [3.8, 4) is 11.5 Å². The summed E-state index contributed by atoms with van der Waals surface area (Å²) >= 11 is 8.71. The van der Waals surface area contributed by atoms with Crippen LogP contribution in [0.15, 0.2) is 17.0 Å². The number of amides is 1. The lowest BCUT2D eigenvalue weighted by Crippen LogP contribution is -2.27. The van der Waals surface area contributed by atoms with Crippen LogP contribution in [-0.2, 0) is 4.79 Å². The largest absolute Gasteiger partial charge is 0.493 e. The maximum absolute atomic E-state index is 12.2. The van der Waals surface area contributed by atoms with E-state index in [4.69, 9.17) is 21.7 Å². The van der Waals surface area contributed by atoms with Gasteiger partial charge in [-0.1, -0.05) is 24.0 Å².